The molecule has 0 aromatic carbocycles. The number of ether oxygens (including phenoxy) is 1. The summed E-state index contributed by atoms with van der Waals surface area (Å²) in [5.41, 5.74) is 0.250. The van der Waals surface area contributed by atoms with E-state index in [1.807, 2.05) is 0 Å². The first-order valence-electron chi connectivity index (χ1n) is 13.7. The molecular formula is C25H36F2N4O5S. The van der Waals surface area contributed by atoms with Gasteiger partial charge in [0.25, 0.3) is 11.8 Å². The van der Waals surface area contributed by atoms with Gasteiger partial charge in [-0.15, -0.1) is 0 Å². The number of alkyl halides is 2. The predicted molar refractivity (Wildman–Crippen MR) is 130 cm³/mol. The largest absolute Gasteiger partial charge is 0.380 e. The van der Waals surface area contributed by atoms with Crippen LogP contribution in [0.5, 0.6) is 0 Å². The van der Waals surface area contributed by atoms with Gasteiger partial charge < -0.3 is 19.9 Å². The fourth-order valence-electron chi connectivity index (χ4n) is 6.67. The van der Waals surface area contributed by atoms with Crippen LogP contribution in [0.2, 0.25) is 0 Å². The number of carbonyl (C=O) groups excluding carboxylic acids is 1. The number of rotatable bonds is 9. The Bertz CT molecular complexity index is 1090. The Labute approximate surface area is 216 Å². The van der Waals surface area contributed by atoms with Crippen LogP contribution in [0.15, 0.2) is 10.6 Å². The molecule has 2 N–H and O–H groups in total. The summed E-state index contributed by atoms with van der Waals surface area (Å²) in [4.78, 5) is 12.7. The maximum atomic E-state index is 13.4. The van der Waals surface area contributed by atoms with Gasteiger partial charge in [-0.3, -0.25) is 4.79 Å². The molecule has 3 aliphatic heterocycles. The van der Waals surface area contributed by atoms with E-state index in [1.165, 1.54) is 0 Å². The van der Waals surface area contributed by atoms with Gasteiger partial charge in [0.2, 0.25) is 10.0 Å². The fourth-order valence-corrected chi connectivity index (χ4v) is 9.06. The van der Waals surface area contributed by atoms with Crippen LogP contribution in [0.25, 0.3) is 0 Å². The molecule has 3 atom stereocenters. The van der Waals surface area contributed by atoms with Crippen LogP contribution in [-0.4, -0.2) is 79.4 Å². The summed E-state index contributed by atoms with van der Waals surface area (Å²) < 4.78 is 65.3. The van der Waals surface area contributed by atoms with E-state index < -0.39 is 21.9 Å². The van der Waals surface area contributed by atoms with E-state index >= 15 is 0 Å². The van der Waals surface area contributed by atoms with Crippen LogP contribution in [0.3, 0.4) is 0 Å². The standard InChI is InChI=1S/C25H36F2N4O5S/c26-25(27)10-17(25)11-28-18-3-1-15(2-4-18)14-37(33,34)31-20-5-6-21(31)8-19(7-20)29-24(32)22-9-23(36-30-22)16-12-35-13-16/h9,15-21,28H,1-8,10-14H2,(H,29,32). The van der Waals surface area contributed by atoms with Gasteiger partial charge in [0.1, 0.15) is 5.76 Å². The SMILES string of the molecule is O=C(NC1CC2CCC(C1)N2S(=O)(=O)CC1CCC(NCC2CC2(F)F)CC1)c1cc(C2COC2)on1. The molecule has 1 amide bonds. The first-order chi connectivity index (χ1) is 17.7. The molecular weight excluding hydrogens is 506 g/mol. The van der Waals surface area contributed by atoms with Crippen molar-refractivity contribution in [2.45, 2.75) is 93.8 Å². The molecule has 12 heteroatoms. The molecule has 1 aromatic rings. The quantitative estimate of drug-likeness (QED) is 0.493. The van der Waals surface area contributed by atoms with E-state index in [4.69, 9.17) is 9.26 Å². The van der Waals surface area contributed by atoms with Crippen molar-refractivity contribution in [2.75, 3.05) is 25.5 Å². The molecule has 6 rings (SSSR count). The van der Waals surface area contributed by atoms with E-state index in [2.05, 4.69) is 15.8 Å². The van der Waals surface area contributed by atoms with E-state index in [0.717, 1.165) is 38.5 Å². The number of piperidine rings is 1. The Morgan fingerprint density at radius 2 is 1.76 bits per heavy atom. The van der Waals surface area contributed by atoms with E-state index in [9.17, 15) is 22.0 Å². The van der Waals surface area contributed by atoms with Gasteiger partial charge in [0, 0.05) is 49.1 Å². The number of amides is 1. The van der Waals surface area contributed by atoms with Crippen LogP contribution in [0.4, 0.5) is 8.78 Å². The summed E-state index contributed by atoms with van der Waals surface area (Å²) in [6.07, 6.45) is 6.07. The molecule has 5 aliphatic rings. The van der Waals surface area contributed by atoms with Crippen molar-refractivity contribution < 1.29 is 31.3 Å². The molecule has 1 aromatic heterocycles. The number of fused-ring (bicyclic) bond motifs is 2. The number of aromatic nitrogens is 1. The molecule has 2 aliphatic carbocycles. The number of hydrogen-bond donors (Lipinski definition) is 2. The number of carbonyl (C=O) groups is 1. The second kappa shape index (κ2) is 9.84. The van der Waals surface area contributed by atoms with E-state index in [-0.39, 0.29) is 59.8 Å². The van der Waals surface area contributed by atoms with E-state index in [0.29, 0.717) is 38.4 Å². The van der Waals surface area contributed by atoms with E-state index in [1.54, 1.807) is 10.4 Å². The van der Waals surface area contributed by atoms with Crippen LogP contribution >= 0.6 is 0 Å². The van der Waals surface area contributed by atoms with Crippen molar-refractivity contribution >= 4 is 15.9 Å². The molecule has 5 fully saturated rings. The molecule has 0 spiro atoms. The Morgan fingerprint density at radius 3 is 2.35 bits per heavy atom. The van der Waals surface area contributed by atoms with Crippen molar-refractivity contribution in [3.8, 4) is 0 Å². The average Bonchev–Trinajstić information content (AvgIpc) is 3.10. The lowest BCUT2D eigenvalue weighted by Crippen LogP contribution is -2.53. The van der Waals surface area contributed by atoms with Crippen LogP contribution in [0, 0.1) is 11.8 Å². The summed E-state index contributed by atoms with van der Waals surface area (Å²) in [5, 5.41) is 10.2. The summed E-state index contributed by atoms with van der Waals surface area (Å²) in [7, 11) is -3.41. The normalized spacial score (nSPS) is 35.7. The Hall–Kier alpha value is -1.63. The van der Waals surface area contributed by atoms with Crippen molar-refractivity contribution in [3.05, 3.63) is 17.5 Å². The number of halogens is 2. The number of hydrogen-bond acceptors (Lipinski definition) is 7. The second-order valence-corrected chi connectivity index (χ2v) is 13.7. The maximum Gasteiger partial charge on any atom is 0.273 e. The van der Waals surface area contributed by atoms with Crippen molar-refractivity contribution in [3.63, 3.8) is 0 Å². The third-order valence-corrected chi connectivity index (χ3v) is 11.2. The van der Waals surface area contributed by atoms with Gasteiger partial charge in [-0.1, -0.05) is 5.16 Å². The minimum Gasteiger partial charge on any atom is -0.380 e. The highest BCUT2D eigenvalue weighted by Crippen LogP contribution is 2.48. The predicted octanol–water partition coefficient (Wildman–Crippen LogP) is 2.65. The number of nitrogens with one attached hydrogen (secondary N) is 2. The third kappa shape index (κ3) is 5.44. The lowest BCUT2D eigenvalue weighted by molar-refractivity contribution is -0.00228. The molecule has 4 heterocycles. The van der Waals surface area contributed by atoms with Gasteiger partial charge >= 0.3 is 0 Å². The van der Waals surface area contributed by atoms with Gasteiger partial charge in [0.05, 0.1) is 24.9 Å². The Balaban J connectivity index is 0.980. The third-order valence-electron chi connectivity index (χ3n) is 9.03. The monoisotopic (exact) mass is 542 g/mol. The zero-order valence-electron chi connectivity index (χ0n) is 20.9. The van der Waals surface area contributed by atoms with Gasteiger partial charge in [-0.2, -0.15) is 4.31 Å². The molecule has 2 bridgehead atoms. The highest BCUT2D eigenvalue weighted by Gasteiger charge is 2.56. The van der Waals surface area contributed by atoms with Crippen molar-refractivity contribution in [2.24, 2.45) is 11.8 Å². The smallest absolute Gasteiger partial charge is 0.273 e. The lowest BCUT2D eigenvalue weighted by atomic mass is 9.87. The molecule has 3 saturated heterocycles. The number of nitrogens with zero attached hydrogens (tertiary/aromatic N) is 2. The zero-order valence-corrected chi connectivity index (χ0v) is 21.7. The van der Waals surface area contributed by atoms with Crippen LogP contribution in [0.1, 0.15) is 80.0 Å². The van der Waals surface area contributed by atoms with Gasteiger partial charge in [0.15, 0.2) is 5.69 Å². The first-order valence-corrected chi connectivity index (χ1v) is 15.3. The molecule has 3 unspecified atom stereocenters. The topological polar surface area (TPSA) is 114 Å². The van der Waals surface area contributed by atoms with Crippen molar-refractivity contribution in [1.29, 1.82) is 0 Å². The van der Waals surface area contributed by atoms with Crippen molar-refractivity contribution in [1.82, 2.24) is 20.1 Å². The molecule has 37 heavy (non-hydrogen) atoms. The van der Waals surface area contributed by atoms with Crippen LogP contribution < -0.4 is 10.6 Å². The van der Waals surface area contributed by atoms with Gasteiger partial charge in [-0.25, -0.2) is 17.2 Å². The molecule has 206 valence electrons. The summed E-state index contributed by atoms with van der Waals surface area (Å²) in [6.45, 7) is 1.50. The molecule has 2 saturated carbocycles. The maximum absolute atomic E-state index is 13.4. The highest BCUT2D eigenvalue weighted by atomic mass is 32.2. The molecule has 0 radical (unpaired) electrons. The number of sulfonamides is 1. The average molecular weight is 543 g/mol. The molecule has 9 nitrogen and oxygen atoms in total. The summed E-state index contributed by atoms with van der Waals surface area (Å²) >= 11 is 0. The fraction of sp³-hybridized carbons (Fsp3) is 0.840. The zero-order chi connectivity index (χ0) is 25.8. The minimum absolute atomic E-state index is 0.0201. The first kappa shape index (κ1) is 25.6. The Morgan fingerprint density at radius 1 is 1.08 bits per heavy atom. The highest BCUT2D eigenvalue weighted by molar-refractivity contribution is 7.89. The van der Waals surface area contributed by atoms with Gasteiger partial charge in [-0.05, 0) is 57.3 Å². The van der Waals surface area contributed by atoms with Crippen LogP contribution in [-0.2, 0) is 14.8 Å². The Kier molecular flexibility index (Phi) is 6.82. The minimum atomic E-state index is -3.41. The lowest BCUT2D eigenvalue weighted by Gasteiger charge is -2.39. The second-order valence-electron chi connectivity index (χ2n) is 11.8. The summed E-state index contributed by atoms with van der Waals surface area (Å²) in [5.74, 6) is -2.26. The summed E-state index contributed by atoms with van der Waals surface area (Å²) in [6, 6.07) is 1.60.